The van der Waals surface area contributed by atoms with Gasteiger partial charge in [-0.05, 0) is 73.7 Å². The summed E-state index contributed by atoms with van der Waals surface area (Å²) in [7, 11) is 0. The number of carbonyl (C=O) groups excluding carboxylic acids is 1. The van der Waals surface area contributed by atoms with Gasteiger partial charge in [-0.3, -0.25) is 0 Å². The summed E-state index contributed by atoms with van der Waals surface area (Å²) < 4.78 is 5.78. The van der Waals surface area contributed by atoms with Crippen molar-refractivity contribution in [1.82, 2.24) is 10.2 Å². The normalized spacial score (nSPS) is 18.6. The molecule has 0 bridgehead atoms. The van der Waals surface area contributed by atoms with Gasteiger partial charge in [0.05, 0.1) is 0 Å². The Balaban J connectivity index is 1.43. The average molecular weight is 403 g/mol. The Hall–Kier alpha value is -2.85. The molecule has 1 aliphatic rings. The Morgan fingerprint density at radius 2 is 1.67 bits per heavy atom. The van der Waals surface area contributed by atoms with Gasteiger partial charge in [-0.1, -0.05) is 60.7 Å². The number of hydrogen-bond acceptors (Lipinski definition) is 3. The summed E-state index contributed by atoms with van der Waals surface area (Å²) in [5.74, 6) is 1.52. The first-order chi connectivity index (χ1) is 14.6. The molecule has 3 aromatic carbocycles. The van der Waals surface area contributed by atoms with E-state index < -0.39 is 0 Å². The molecule has 156 valence electrons. The van der Waals surface area contributed by atoms with Crippen LogP contribution in [0.3, 0.4) is 0 Å². The number of hydrogen-bond donors (Lipinski definition) is 1. The van der Waals surface area contributed by atoms with E-state index in [9.17, 15) is 4.79 Å². The molecule has 4 rings (SSSR count). The number of nitrogens with one attached hydrogen (secondary N) is 1. The van der Waals surface area contributed by atoms with E-state index in [2.05, 4.69) is 55.6 Å². The largest absolute Gasteiger partial charge is 0.415 e. The van der Waals surface area contributed by atoms with Crippen LogP contribution in [0.2, 0.25) is 0 Å². The molecule has 0 aliphatic carbocycles. The van der Waals surface area contributed by atoms with Gasteiger partial charge in [0, 0.05) is 12.6 Å². The lowest BCUT2D eigenvalue weighted by Crippen LogP contribution is -2.43. The van der Waals surface area contributed by atoms with E-state index in [-0.39, 0.29) is 12.1 Å². The second-order valence-electron chi connectivity index (χ2n) is 8.49. The molecule has 1 aliphatic heterocycles. The van der Waals surface area contributed by atoms with Crippen molar-refractivity contribution in [3.63, 3.8) is 0 Å². The van der Waals surface area contributed by atoms with Gasteiger partial charge in [-0.25, -0.2) is 4.79 Å². The maximum absolute atomic E-state index is 13.0. The predicted molar refractivity (Wildman–Crippen MR) is 122 cm³/mol. The second kappa shape index (κ2) is 9.31. The molecule has 2 atom stereocenters. The minimum atomic E-state index is -0.273. The van der Waals surface area contributed by atoms with Crippen LogP contribution in [0, 0.1) is 11.8 Å². The maximum atomic E-state index is 13.0. The molecular weight excluding hydrogens is 372 g/mol. The van der Waals surface area contributed by atoms with Gasteiger partial charge < -0.3 is 15.0 Å². The van der Waals surface area contributed by atoms with Crippen molar-refractivity contribution >= 4 is 16.9 Å². The maximum Gasteiger partial charge on any atom is 0.415 e. The lowest BCUT2D eigenvalue weighted by molar-refractivity contribution is 0.125. The van der Waals surface area contributed by atoms with E-state index in [1.54, 1.807) is 0 Å². The van der Waals surface area contributed by atoms with Crippen LogP contribution < -0.4 is 10.1 Å². The van der Waals surface area contributed by atoms with Crippen molar-refractivity contribution in [2.24, 2.45) is 11.8 Å². The Morgan fingerprint density at radius 3 is 2.43 bits per heavy atom. The van der Waals surface area contributed by atoms with E-state index in [1.807, 2.05) is 41.3 Å². The molecule has 0 aromatic heterocycles. The number of carbonyl (C=O) groups is 1. The molecular formula is C26H30N2O2. The SMILES string of the molecule is CC(C)N(C[C@H]1CNC[C@@H]1Cc1ccccc1)C(=O)Oc1ccc2ccccc2c1. The van der Waals surface area contributed by atoms with Crippen LogP contribution in [0.25, 0.3) is 10.8 Å². The first kappa shape index (κ1) is 20.4. The third-order valence-corrected chi connectivity index (χ3v) is 6.04. The average Bonchev–Trinajstić information content (AvgIpc) is 3.19. The van der Waals surface area contributed by atoms with Gasteiger partial charge in [0.1, 0.15) is 5.75 Å². The molecule has 1 fully saturated rings. The van der Waals surface area contributed by atoms with E-state index in [4.69, 9.17) is 4.74 Å². The molecule has 4 nitrogen and oxygen atoms in total. The second-order valence-corrected chi connectivity index (χ2v) is 8.49. The molecule has 1 heterocycles. The van der Waals surface area contributed by atoms with E-state index in [1.165, 1.54) is 5.56 Å². The van der Waals surface area contributed by atoms with Crippen molar-refractivity contribution in [2.45, 2.75) is 26.3 Å². The zero-order chi connectivity index (χ0) is 20.9. The Labute approximate surface area is 178 Å². The van der Waals surface area contributed by atoms with Crippen LogP contribution in [-0.4, -0.2) is 36.7 Å². The van der Waals surface area contributed by atoms with Gasteiger partial charge in [0.15, 0.2) is 0 Å². The van der Waals surface area contributed by atoms with Crippen molar-refractivity contribution in [3.8, 4) is 5.75 Å². The fourth-order valence-corrected chi connectivity index (χ4v) is 4.30. The molecule has 4 heteroatoms. The zero-order valence-corrected chi connectivity index (χ0v) is 17.8. The summed E-state index contributed by atoms with van der Waals surface area (Å²) in [5.41, 5.74) is 1.35. The number of nitrogens with zero attached hydrogens (tertiary/aromatic N) is 1. The highest BCUT2D eigenvalue weighted by molar-refractivity contribution is 5.84. The van der Waals surface area contributed by atoms with Crippen LogP contribution in [-0.2, 0) is 6.42 Å². The van der Waals surface area contributed by atoms with E-state index in [0.29, 0.717) is 24.1 Å². The van der Waals surface area contributed by atoms with Crippen molar-refractivity contribution in [2.75, 3.05) is 19.6 Å². The number of fused-ring (bicyclic) bond motifs is 1. The van der Waals surface area contributed by atoms with Crippen molar-refractivity contribution in [3.05, 3.63) is 78.4 Å². The highest BCUT2D eigenvalue weighted by atomic mass is 16.6. The van der Waals surface area contributed by atoms with Crippen LogP contribution in [0.15, 0.2) is 72.8 Å². The summed E-state index contributed by atoms with van der Waals surface area (Å²) in [5, 5.41) is 5.73. The third kappa shape index (κ3) is 4.82. The minimum Gasteiger partial charge on any atom is -0.410 e. The summed E-state index contributed by atoms with van der Waals surface area (Å²) in [4.78, 5) is 14.9. The van der Waals surface area contributed by atoms with Crippen LogP contribution in [0.5, 0.6) is 5.75 Å². The summed E-state index contributed by atoms with van der Waals surface area (Å²) in [6.07, 6.45) is 0.759. The lowest BCUT2D eigenvalue weighted by atomic mass is 9.89. The van der Waals surface area contributed by atoms with Gasteiger partial charge in [0.25, 0.3) is 0 Å². The molecule has 1 amide bonds. The molecule has 1 N–H and O–H groups in total. The fraction of sp³-hybridized carbons (Fsp3) is 0.346. The molecule has 0 spiro atoms. The zero-order valence-electron chi connectivity index (χ0n) is 17.8. The Kier molecular flexibility index (Phi) is 6.34. The number of ether oxygens (including phenoxy) is 1. The number of amides is 1. The van der Waals surface area contributed by atoms with Gasteiger partial charge >= 0.3 is 6.09 Å². The molecule has 3 aromatic rings. The molecule has 0 unspecified atom stereocenters. The predicted octanol–water partition coefficient (Wildman–Crippen LogP) is 5.13. The van der Waals surface area contributed by atoms with Gasteiger partial charge in [-0.15, -0.1) is 0 Å². The van der Waals surface area contributed by atoms with Crippen molar-refractivity contribution < 1.29 is 9.53 Å². The molecule has 0 saturated carbocycles. The number of rotatable bonds is 6. The number of benzene rings is 3. The first-order valence-electron chi connectivity index (χ1n) is 10.8. The van der Waals surface area contributed by atoms with Crippen molar-refractivity contribution in [1.29, 1.82) is 0 Å². The summed E-state index contributed by atoms with van der Waals surface area (Å²) >= 11 is 0. The smallest absolute Gasteiger partial charge is 0.410 e. The molecule has 1 saturated heterocycles. The fourth-order valence-electron chi connectivity index (χ4n) is 4.30. The van der Waals surface area contributed by atoms with Gasteiger partial charge in [0.2, 0.25) is 0 Å². The first-order valence-corrected chi connectivity index (χ1v) is 10.8. The standard InChI is InChI=1S/C26H30N2O2/c1-19(2)28(18-24-17-27-16-23(24)14-20-8-4-3-5-9-20)26(29)30-25-13-12-21-10-6-7-11-22(21)15-25/h3-13,15,19,23-24,27H,14,16-18H2,1-2H3/t23-,24+/m0/s1. The van der Waals surface area contributed by atoms with E-state index in [0.717, 1.165) is 30.3 Å². The minimum absolute atomic E-state index is 0.0796. The van der Waals surface area contributed by atoms with Crippen LogP contribution in [0.1, 0.15) is 19.4 Å². The Morgan fingerprint density at radius 1 is 0.967 bits per heavy atom. The Bertz CT molecular complexity index is 987. The third-order valence-electron chi connectivity index (χ3n) is 6.04. The van der Waals surface area contributed by atoms with Crippen LogP contribution >= 0.6 is 0 Å². The highest BCUT2D eigenvalue weighted by Crippen LogP contribution is 2.25. The summed E-state index contributed by atoms with van der Waals surface area (Å²) in [6, 6.07) is 24.6. The van der Waals surface area contributed by atoms with E-state index >= 15 is 0 Å². The topological polar surface area (TPSA) is 41.6 Å². The lowest BCUT2D eigenvalue weighted by Gasteiger charge is -2.30. The molecule has 30 heavy (non-hydrogen) atoms. The quantitative estimate of drug-likeness (QED) is 0.622. The van der Waals surface area contributed by atoms with Gasteiger partial charge in [-0.2, -0.15) is 0 Å². The monoisotopic (exact) mass is 402 g/mol. The summed E-state index contributed by atoms with van der Waals surface area (Å²) in [6.45, 7) is 6.73. The highest BCUT2D eigenvalue weighted by Gasteiger charge is 2.32. The molecule has 0 radical (unpaired) electrons. The van der Waals surface area contributed by atoms with Crippen LogP contribution in [0.4, 0.5) is 4.79 Å².